The number of amides is 1. The largest absolute Gasteiger partial charge is 0.460 e. The summed E-state index contributed by atoms with van der Waals surface area (Å²) in [4.78, 5) is 72.6. The first-order chi connectivity index (χ1) is 33.8. The number of allylic oxidation sites excluding steroid dienone is 6. The molecule has 4 rings (SSSR count). The average Bonchev–Trinajstić information content (AvgIpc) is 3.35. The third kappa shape index (κ3) is 17.0. The highest BCUT2D eigenvalue weighted by Crippen LogP contribution is 2.38. The van der Waals surface area contributed by atoms with Crippen LogP contribution in [0.3, 0.4) is 0 Å². The molecule has 402 valence electrons. The summed E-state index contributed by atoms with van der Waals surface area (Å²) in [5.74, 6) is -8.33. The van der Waals surface area contributed by atoms with Gasteiger partial charge in [0.2, 0.25) is 5.79 Å². The predicted octanol–water partition coefficient (Wildman–Crippen LogP) is 6.21. The maximum Gasteiger partial charge on any atom is 0.329 e. The van der Waals surface area contributed by atoms with Gasteiger partial charge in [-0.1, -0.05) is 71.1 Å². The van der Waals surface area contributed by atoms with E-state index in [2.05, 4.69) is 0 Å². The number of hydrogen-bond acceptors (Lipinski definition) is 15. The number of aliphatic hydroxyl groups excluding tert-OH is 2. The number of rotatable bonds is 12. The zero-order chi connectivity index (χ0) is 52.4. The number of ether oxygens (including phenoxy) is 7. The molecule has 3 N–H and O–H groups in total. The predicted molar refractivity (Wildman–Crippen MR) is 267 cm³/mol. The zero-order valence-corrected chi connectivity index (χ0v) is 44.3. The Hall–Kier alpha value is -3.45. The highest BCUT2D eigenvalue weighted by atomic mass is 16.6. The molecule has 2 saturated heterocycles. The maximum atomic E-state index is 14.6. The number of fused-ring (bicyclic) bond motifs is 3. The molecule has 0 aromatic carbocycles. The molecule has 16 heteroatoms. The number of ketones is 3. The first kappa shape index (κ1) is 60.1. The van der Waals surface area contributed by atoms with Crippen LogP contribution in [0.1, 0.15) is 126 Å². The first-order valence-electron chi connectivity index (χ1n) is 26.1. The molecular weight excluding hydrogens is 915 g/mol. The molecule has 2 unspecified atom stereocenters. The average molecular weight is 1000 g/mol. The summed E-state index contributed by atoms with van der Waals surface area (Å²) >= 11 is 0. The molecule has 1 amide bonds. The number of carbonyl (C=O) groups is 5. The monoisotopic (exact) mass is 1000 g/mol. The van der Waals surface area contributed by atoms with Crippen LogP contribution in [0.2, 0.25) is 0 Å². The van der Waals surface area contributed by atoms with E-state index in [0.717, 1.165) is 12.0 Å². The molecule has 2 bridgehead atoms. The van der Waals surface area contributed by atoms with E-state index < -0.39 is 83.7 Å². The van der Waals surface area contributed by atoms with Gasteiger partial charge in [-0.2, -0.15) is 0 Å². The van der Waals surface area contributed by atoms with E-state index in [-0.39, 0.29) is 68.2 Å². The fourth-order valence-corrected chi connectivity index (χ4v) is 10.7. The summed E-state index contributed by atoms with van der Waals surface area (Å²) in [6.45, 7) is 13.5. The fraction of sp³-hybridized carbons (Fsp3) is 0.764. The van der Waals surface area contributed by atoms with Crippen LogP contribution in [0, 0.1) is 35.5 Å². The highest BCUT2D eigenvalue weighted by molar-refractivity contribution is 6.39. The van der Waals surface area contributed by atoms with Gasteiger partial charge in [-0.25, -0.2) is 4.79 Å². The van der Waals surface area contributed by atoms with Crippen molar-refractivity contribution >= 4 is 29.2 Å². The SMILES string of the molecule is CO[C@H]1CCC(OCCOCCO)[C@@H](C[C@@H](C)[C@@H]2CC(=O)[C@H](C)/C=C(\C)[C@@H](O)[C@@H](OC)C(=O)[C@@H](C)C[C@H](C)/C=C/C=C/C=C(\C)[C@@H](OC)C[C@@H]3CC[C@@H](C)[C@@](O)(O3)C(=O)C(=O)N3CCCCC3C(=O)O2)C1. The molecule has 3 heterocycles. The maximum absolute atomic E-state index is 14.6. The summed E-state index contributed by atoms with van der Waals surface area (Å²) in [6, 6.07) is -1.17. The normalized spacial score (nSPS) is 38.0. The van der Waals surface area contributed by atoms with E-state index in [1.807, 2.05) is 58.1 Å². The van der Waals surface area contributed by atoms with Crippen molar-refractivity contribution in [2.75, 3.05) is 54.3 Å². The van der Waals surface area contributed by atoms with Gasteiger partial charge in [-0.05, 0) is 107 Å². The summed E-state index contributed by atoms with van der Waals surface area (Å²) in [5.41, 5.74) is 1.25. The van der Waals surface area contributed by atoms with E-state index in [1.165, 1.54) is 12.0 Å². The smallest absolute Gasteiger partial charge is 0.329 e. The van der Waals surface area contributed by atoms with Crippen molar-refractivity contribution in [2.24, 2.45) is 35.5 Å². The Morgan fingerprint density at radius 3 is 2.28 bits per heavy atom. The van der Waals surface area contributed by atoms with Crippen LogP contribution in [0.5, 0.6) is 0 Å². The first-order valence-corrected chi connectivity index (χ1v) is 26.1. The van der Waals surface area contributed by atoms with Crippen LogP contribution in [0.15, 0.2) is 47.6 Å². The molecule has 3 fully saturated rings. The quantitative estimate of drug-likeness (QED) is 0.0858. The lowest BCUT2D eigenvalue weighted by Gasteiger charge is -2.42. The number of cyclic esters (lactones) is 1. The van der Waals surface area contributed by atoms with Crippen molar-refractivity contribution in [2.45, 2.75) is 180 Å². The number of nitrogens with zero attached hydrogens (tertiary/aromatic N) is 1. The van der Waals surface area contributed by atoms with Crippen LogP contribution in [0.25, 0.3) is 0 Å². The van der Waals surface area contributed by atoms with Crippen LogP contribution >= 0.6 is 0 Å². The minimum absolute atomic E-state index is 0.00894. The summed E-state index contributed by atoms with van der Waals surface area (Å²) in [6.07, 6.45) is 11.9. The molecule has 3 aliphatic heterocycles. The van der Waals surface area contributed by atoms with E-state index in [0.29, 0.717) is 76.6 Å². The van der Waals surface area contributed by atoms with Gasteiger partial charge in [0.25, 0.3) is 11.7 Å². The standard InChI is InChI=1S/C55H87NO15/c1-34-16-12-11-13-17-35(2)47(66-9)32-43-20-19-40(7)55(64,71-43)52(61)53(62)56-23-15-14-18-44(56)54(63)70-48(33-45(58)36(3)29-39(6)50(60)51(67-10)49(59)38(5)28-34)37(4)30-41-31-42(65-8)21-22-46(41)69-27-26-68-25-24-57/h11-13,16-17,29,34,36-38,40-44,46-48,50-51,57,60,64H,14-15,18-28,30-33H2,1-10H3/b13-11+,16-12+,35-17+,39-29+/t34-,36-,37-,38+,40-,41+,42+,43+,44?,46?,47+,48+,50-,51+,55-/m1/s1. The number of carbonyl (C=O) groups excluding carboxylic acids is 5. The number of piperidine rings is 1. The Kier molecular flexibility index (Phi) is 24.9. The van der Waals surface area contributed by atoms with Crippen molar-refractivity contribution in [1.29, 1.82) is 0 Å². The Labute approximate surface area is 422 Å². The van der Waals surface area contributed by atoms with Gasteiger partial charge in [0.05, 0.1) is 50.8 Å². The molecule has 0 spiro atoms. The zero-order valence-electron chi connectivity index (χ0n) is 44.3. The number of methoxy groups -OCH3 is 3. The Bertz CT molecular complexity index is 1860. The summed E-state index contributed by atoms with van der Waals surface area (Å²) in [7, 11) is 4.63. The number of esters is 1. The Morgan fingerprint density at radius 1 is 0.845 bits per heavy atom. The van der Waals surface area contributed by atoms with Gasteiger partial charge < -0.3 is 53.4 Å². The van der Waals surface area contributed by atoms with Crippen LogP contribution in [0.4, 0.5) is 0 Å². The van der Waals surface area contributed by atoms with Crippen LogP contribution in [-0.2, 0) is 57.1 Å². The minimum atomic E-state index is -2.45. The minimum Gasteiger partial charge on any atom is -0.460 e. The van der Waals surface area contributed by atoms with Crippen molar-refractivity contribution in [1.82, 2.24) is 4.90 Å². The molecule has 0 aromatic rings. The number of hydrogen-bond donors (Lipinski definition) is 3. The molecular formula is C55H87NO15. The number of aliphatic hydroxyl groups is 3. The lowest BCUT2D eigenvalue weighted by Crippen LogP contribution is -2.61. The molecule has 71 heavy (non-hydrogen) atoms. The molecule has 16 nitrogen and oxygen atoms in total. The summed E-state index contributed by atoms with van der Waals surface area (Å²) in [5, 5.41) is 32.7. The van der Waals surface area contributed by atoms with Gasteiger partial charge in [0, 0.05) is 58.5 Å². The second kappa shape index (κ2) is 29.4. The van der Waals surface area contributed by atoms with Gasteiger partial charge in [0.1, 0.15) is 30.1 Å². The molecule has 15 atom stereocenters. The molecule has 1 saturated carbocycles. The highest BCUT2D eigenvalue weighted by Gasteiger charge is 2.53. The molecule has 0 aromatic heterocycles. The molecule has 4 aliphatic rings. The van der Waals surface area contributed by atoms with E-state index in [4.69, 9.17) is 38.3 Å². The lowest BCUT2D eigenvalue weighted by molar-refractivity contribution is -0.265. The van der Waals surface area contributed by atoms with E-state index in [1.54, 1.807) is 41.1 Å². The number of Topliss-reactive ketones (excluding diaryl/α,β-unsaturated/α-hetero) is 3. The topological polar surface area (TPSA) is 214 Å². The molecule has 0 radical (unpaired) electrons. The van der Waals surface area contributed by atoms with Gasteiger partial charge in [-0.15, -0.1) is 0 Å². The van der Waals surface area contributed by atoms with Crippen LogP contribution < -0.4 is 0 Å². The van der Waals surface area contributed by atoms with Crippen molar-refractivity contribution in [3.05, 3.63) is 47.6 Å². The van der Waals surface area contributed by atoms with Gasteiger partial charge in [0.15, 0.2) is 5.78 Å². The second-order valence-electron chi connectivity index (χ2n) is 20.7. The van der Waals surface area contributed by atoms with Crippen molar-refractivity contribution in [3.8, 4) is 0 Å². The van der Waals surface area contributed by atoms with E-state index >= 15 is 0 Å². The second-order valence-corrected chi connectivity index (χ2v) is 20.7. The van der Waals surface area contributed by atoms with Crippen molar-refractivity contribution < 1.29 is 72.5 Å². The Balaban J connectivity index is 1.72. The van der Waals surface area contributed by atoms with Crippen molar-refractivity contribution in [3.63, 3.8) is 0 Å². The van der Waals surface area contributed by atoms with Crippen LogP contribution in [-0.4, -0.2) is 158 Å². The third-order valence-electron chi connectivity index (χ3n) is 15.3. The third-order valence-corrected chi connectivity index (χ3v) is 15.3. The summed E-state index contributed by atoms with van der Waals surface area (Å²) < 4.78 is 41.6. The van der Waals surface area contributed by atoms with Gasteiger partial charge >= 0.3 is 5.97 Å². The van der Waals surface area contributed by atoms with E-state index in [9.17, 15) is 34.2 Å². The lowest BCUT2D eigenvalue weighted by atomic mass is 9.77. The van der Waals surface area contributed by atoms with Gasteiger partial charge in [-0.3, -0.25) is 19.2 Å². The molecule has 1 aliphatic carbocycles. The fourth-order valence-electron chi connectivity index (χ4n) is 10.7. The Morgan fingerprint density at radius 2 is 1.59 bits per heavy atom.